The standard InChI is InChI=1S/C11H19F3N2/c12-11(13,14)5-2-6-15-9-4-8-16-7-1-3-10(9)16/h9-10,15H,1-8H2. The Kier molecular flexibility index (Phi) is 3.74. The van der Waals surface area contributed by atoms with E-state index in [1.165, 1.54) is 19.4 Å². The van der Waals surface area contributed by atoms with Gasteiger partial charge in [-0.05, 0) is 38.8 Å². The van der Waals surface area contributed by atoms with E-state index in [1.807, 2.05) is 0 Å². The van der Waals surface area contributed by atoms with Crippen molar-refractivity contribution in [2.45, 2.75) is 50.4 Å². The van der Waals surface area contributed by atoms with Gasteiger partial charge in [0, 0.05) is 25.0 Å². The fourth-order valence-electron chi connectivity index (χ4n) is 2.90. The quantitative estimate of drug-likeness (QED) is 0.752. The molecule has 0 aromatic carbocycles. The molecule has 2 rings (SSSR count). The van der Waals surface area contributed by atoms with Crippen LogP contribution in [0, 0.1) is 0 Å². The summed E-state index contributed by atoms with van der Waals surface area (Å²) in [6.45, 7) is 2.78. The second-order valence-electron chi connectivity index (χ2n) is 4.81. The summed E-state index contributed by atoms with van der Waals surface area (Å²) in [4.78, 5) is 2.46. The van der Waals surface area contributed by atoms with E-state index in [4.69, 9.17) is 0 Å². The molecular weight excluding hydrogens is 217 g/mol. The molecule has 0 aromatic rings. The van der Waals surface area contributed by atoms with Crippen LogP contribution < -0.4 is 5.32 Å². The van der Waals surface area contributed by atoms with E-state index in [0.717, 1.165) is 13.0 Å². The van der Waals surface area contributed by atoms with E-state index in [0.29, 0.717) is 18.6 Å². The van der Waals surface area contributed by atoms with Crippen LogP contribution in [0.25, 0.3) is 0 Å². The molecule has 94 valence electrons. The minimum atomic E-state index is -4.00. The Balaban J connectivity index is 1.63. The lowest BCUT2D eigenvalue weighted by Gasteiger charge is -2.21. The van der Waals surface area contributed by atoms with Crippen LogP contribution in [0.4, 0.5) is 13.2 Å². The van der Waals surface area contributed by atoms with E-state index in [1.54, 1.807) is 0 Å². The molecule has 2 saturated heterocycles. The van der Waals surface area contributed by atoms with Crippen molar-refractivity contribution >= 4 is 0 Å². The van der Waals surface area contributed by atoms with Crippen molar-refractivity contribution < 1.29 is 13.2 Å². The maximum absolute atomic E-state index is 11.9. The minimum Gasteiger partial charge on any atom is -0.312 e. The fourth-order valence-corrected chi connectivity index (χ4v) is 2.90. The summed E-state index contributed by atoms with van der Waals surface area (Å²) < 4.78 is 35.8. The van der Waals surface area contributed by atoms with Crippen molar-refractivity contribution in [2.24, 2.45) is 0 Å². The Hall–Kier alpha value is -0.290. The van der Waals surface area contributed by atoms with Gasteiger partial charge in [0.1, 0.15) is 0 Å². The zero-order chi connectivity index (χ0) is 11.6. The molecule has 2 fully saturated rings. The second-order valence-corrected chi connectivity index (χ2v) is 4.81. The first kappa shape index (κ1) is 12.2. The molecular formula is C11H19F3N2. The Labute approximate surface area is 94.2 Å². The number of hydrogen-bond donors (Lipinski definition) is 1. The first-order chi connectivity index (χ1) is 7.56. The largest absolute Gasteiger partial charge is 0.389 e. The zero-order valence-corrected chi connectivity index (χ0v) is 9.39. The molecule has 2 heterocycles. The number of alkyl halides is 3. The maximum Gasteiger partial charge on any atom is 0.389 e. The SMILES string of the molecule is FC(F)(F)CCCNC1CCN2CCCC12. The predicted molar refractivity (Wildman–Crippen MR) is 56.3 cm³/mol. The lowest BCUT2D eigenvalue weighted by Crippen LogP contribution is -2.39. The van der Waals surface area contributed by atoms with Crippen molar-refractivity contribution in [1.29, 1.82) is 0 Å². The van der Waals surface area contributed by atoms with Crippen LogP contribution >= 0.6 is 0 Å². The van der Waals surface area contributed by atoms with Crippen molar-refractivity contribution in [3.63, 3.8) is 0 Å². The third-order valence-electron chi connectivity index (χ3n) is 3.65. The Morgan fingerprint density at radius 1 is 1.19 bits per heavy atom. The number of halogens is 3. The van der Waals surface area contributed by atoms with E-state index in [9.17, 15) is 13.2 Å². The van der Waals surface area contributed by atoms with Gasteiger partial charge < -0.3 is 5.32 Å². The first-order valence-corrected chi connectivity index (χ1v) is 6.10. The number of fused-ring (bicyclic) bond motifs is 1. The molecule has 2 unspecified atom stereocenters. The van der Waals surface area contributed by atoms with Crippen LogP contribution in [-0.4, -0.2) is 42.8 Å². The van der Waals surface area contributed by atoms with Crippen LogP contribution in [0.3, 0.4) is 0 Å². The minimum absolute atomic E-state index is 0.201. The van der Waals surface area contributed by atoms with Gasteiger partial charge in [0.05, 0.1) is 0 Å². The second kappa shape index (κ2) is 4.92. The predicted octanol–water partition coefficient (Wildman–Crippen LogP) is 2.16. The number of hydrogen-bond acceptors (Lipinski definition) is 2. The summed E-state index contributed by atoms with van der Waals surface area (Å²) in [5, 5.41) is 3.28. The van der Waals surface area contributed by atoms with Gasteiger partial charge >= 0.3 is 6.18 Å². The molecule has 0 bridgehead atoms. The van der Waals surface area contributed by atoms with E-state index < -0.39 is 12.6 Å². The summed E-state index contributed by atoms with van der Waals surface area (Å²) in [5.41, 5.74) is 0. The average Bonchev–Trinajstić information content (AvgIpc) is 2.73. The smallest absolute Gasteiger partial charge is 0.312 e. The van der Waals surface area contributed by atoms with E-state index in [2.05, 4.69) is 10.2 Å². The third-order valence-corrected chi connectivity index (χ3v) is 3.65. The summed E-state index contributed by atoms with van der Waals surface area (Å²) in [6.07, 6.45) is -0.927. The van der Waals surface area contributed by atoms with Gasteiger partial charge in [-0.2, -0.15) is 13.2 Å². The highest BCUT2D eigenvalue weighted by atomic mass is 19.4. The molecule has 0 aromatic heterocycles. The Morgan fingerprint density at radius 2 is 2.00 bits per heavy atom. The molecule has 1 N–H and O–H groups in total. The van der Waals surface area contributed by atoms with Gasteiger partial charge in [-0.3, -0.25) is 4.90 Å². The summed E-state index contributed by atoms with van der Waals surface area (Å²) in [5.74, 6) is 0. The number of nitrogens with zero attached hydrogens (tertiary/aromatic N) is 1. The van der Waals surface area contributed by atoms with Gasteiger partial charge in [0.15, 0.2) is 0 Å². The maximum atomic E-state index is 11.9. The molecule has 2 nitrogen and oxygen atoms in total. The molecule has 0 aliphatic carbocycles. The summed E-state index contributed by atoms with van der Waals surface area (Å²) in [7, 11) is 0. The number of nitrogens with one attached hydrogen (secondary N) is 1. The molecule has 16 heavy (non-hydrogen) atoms. The van der Waals surface area contributed by atoms with Crippen molar-refractivity contribution in [3.05, 3.63) is 0 Å². The molecule has 2 atom stereocenters. The Morgan fingerprint density at radius 3 is 2.75 bits per heavy atom. The summed E-state index contributed by atoms with van der Waals surface area (Å²) in [6, 6.07) is 1.02. The van der Waals surface area contributed by atoms with Crippen LogP contribution in [-0.2, 0) is 0 Å². The lowest BCUT2D eigenvalue weighted by atomic mass is 10.1. The van der Waals surface area contributed by atoms with Crippen molar-refractivity contribution in [1.82, 2.24) is 10.2 Å². The van der Waals surface area contributed by atoms with Gasteiger partial charge in [0.25, 0.3) is 0 Å². The lowest BCUT2D eigenvalue weighted by molar-refractivity contribution is -0.135. The molecule has 0 radical (unpaired) electrons. The average molecular weight is 236 g/mol. The van der Waals surface area contributed by atoms with Crippen molar-refractivity contribution in [2.75, 3.05) is 19.6 Å². The highest BCUT2D eigenvalue weighted by Gasteiger charge is 2.36. The van der Waals surface area contributed by atoms with Crippen LogP contribution in [0.5, 0.6) is 0 Å². The van der Waals surface area contributed by atoms with Gasteiger partial charge in [-0.15, -0.1) is 0 Å². The van der Waals surface area contributed by atoms with E-state index in [-0.39, 0.29) is 6.42 Å². The van der Waals surface area contributed by atoms with E-state index >= 15 is 0 Å². The number of rotatable bonds is 4. The highest BCUT2D eigenvalue weighted by molar-refractivity contribution is 4.95. The highest BCUT2D eigenvalue weighted by Crippen LogP contribution is 2.28. The summed E-state index contributed by atoms with van der Waals surface area (Å²) >= 11 is 0. The monoisotopic (exact) mass is 236 g/mol. The molecule has 5 heteroatoms. The van der Waals surface area contributed by atoms with Gasteiger partial charge in [0.2, 0.25) is 0 Å². The van der Waals surface area contributed by atoms with Gasteiger partial charge in [-0.25, -0.2) is 0 Å². The molecule has 2 aliphatic heterocycles. The third kappa shape index (κ3) is 3.10. The molecule has 0 spiro atoms. The van der Waals surface area contributed by atoms with Crippen molar-refractivity contribution in [3.8, 4) is 0 Å². The van der Waals surface area contributed by atoms with Crippen LogP contribution in [0.1, 0.15) is 32.1 Å². The fraction of sp³-hybridized carbons (Fsp3) is 1.00. The van der Waals surface area contributed by atoms with Gasteiger partial charge in [-0.1, -0.05) is 0 Å². The normalized spacial score (nSPS) is 30.9. The molecule has 0 amide bonds. The topological polar surface area (TPSA) is 15.3 Å². The zero-order valence-electron chi connectivity index (χ0n) is 9.39. The Bertz CT molecular complexity index is 230. The molecule has 0 saturated carbocycles. The van der Waals surface area contributed by atoms with Crippen LogP contribution in [0.15, 0.2) is 0 Å². The first-order valence-electron chi connectivity index (χ1n) is 6.10. The van der Waals surface area contributed by atoms with Crippen LogP contribution in [0.2, 0.25) is 0 Å². The molecule has 2 aliphatic rings.